The van der Waals surface area contributed by atoms with Gasteiger partial charge >= 0.3 is 6.09 Å². The molecule has 0 fully saturated rings. The van der Waals surface area contributed by atoms with Gasteiger partial charge in [-0.15, -0.1) is 11.8 Å². The van der Waals surface area contributed by atoms with Gasteiger partial charge in [-0.05, 0) is 57.9 Å². The van der Waals surface area contributed by atoms with E-state index in [9.17, 15) is 9.59 Å². The van der Waals surface area contributed by atoms with Crippen LogP contribution >= 0.6 is 11.8 Å². The summed E-state index contributed by atoms with van der Waals surface area (Å²) in [6, 6.07) is 15.5. The number of nitrogens with one attached hydrogen (secondary N) is 1. The first-order chi connectivity index (χ1) is 13.7. The molecule has 0 heterocycles. The van der Waals surface area contributed by atoms with Crippen LogP contribution < -0.4 is 5.32 Å². The van der Waals surface area contributed by atoms with Crippen LogP contribution in [0.4, 0.5) is 10.5 Å². The van der Waals surface area contributed by atoms with Crippen LogP contribution in [0.2, 0.25) is 0 Å². The van der Waals surface area contributed by atoms with Crippen LogP contribution in [0.1, 0.15) is 38.8 Å². The first-order valence-electron chi connectivity index (χ1n) is 9.73. The number of nitrogens with zero attached hydrogens (tertiary/aromatic N) is 1. The molecule has 0 aliphatic heterocycles. The third kappa shape index (κ3) is 7.46. The van der Waals surface area contributed by atoms with Crippen LogP contribution in [0.15, 0.2) is 53.4 Å². The Morgan fingerprint density at radius 3 is 2.38 bits per heavy atom. The van der Waals surface area contributed by atoms with Crippen molar-refractivity contribution < 1.29 is 14.3 Å². The SMILES string of the molecule is CCN(Cc1ccccc1NC(=O)CSc1ccccc1C)C(=O)OC(C)(C)C. The highest BCUT2D eigenvalue weighted by atomic mass is 32.2. The molecule has 0 bridgehead atoms. The fraction of sp³-hybridized carbons (Fsp3) is 0.391. The average molecular weight is 415 g/mol. The zero-order valence-corrected chi connectivity index (χ0v) is 18.6. The van der Waals surface area contributed by atoms with Gasteiger partial charge in [0.25, 0.3) is 0 Å². The van der Waals surface area contributed by atoms with E-state index in [0.717, 1.165) is 16.0 Å². The summed E-state index contributed by atoms with van der Waals surface area (Å²) in [7, 11) is 0. The number of amides is 2. The van der Waals surface area contributed by atoms with Crippen LogP contribution in [0, 0.1) is 6.92 Å². The Labute approximate surface area is 177 Å². The van der Waals surface area contributed by atoms with Crippen molar-refractivity contribution in [3.63, 3.8) is 0 Å². The molecule has 0 saturated carbocycles. The number of anilines is 1. The van der Waals surface area contributed by atoms with E-state index in [1.54, 1.807) is 4.90 Å². The van der Waals surface area contributed by atoms with Crippen molar-refractivity contribution in [1.82, 2.24) is 4.90 Å². The van der Waals surface area contributed by atoms with Gasteiger partial charge in [0, 0.05) is 17.1 Å². The minimum Gasteiger partial charge on any atom is -0.444 e. The van der Waals surface area contributed by atoms with Crippen molar-refractivity contribution in [2.45, 2.75) is 51.7 Å². The molecule has 0 aliphatic rings. The number of carbonyl (C=O) groups excluding carboxylic acids is 2. The highest BCUT2D eigenvalue weighted by molar-refractivity contribution is 8.00. The predicted octanol–water partition coefficient (Wildman–Crippen LogP) is 5.48. The van der Waals surface area contributed by atoms with E-state index >= 15 is 0 Å². The number of carbonyl (C=O) groups is 2. The van der Waals surface area contributed by atoms with Gasteiger partial charge in [-0.25, -0.2) is 4.79 Å². The molecule has 2 aromatic rings. The number of rotatable bonds is 7. The largest absolute Gasteiger partial charge is 0.444 e. The van der Waals surface area contributed by atoms with E-state index < -0.39 is 5.60 Å². The van der Waals surface area contributed by atoms with Gasteiger partial charge < -0.3 is 15.0 Å². The lowest BCUT2D eigenvalue weighted by Crippen LogP contribution is -2.36. The zero-order valence-electron chi connectivity index (χ0n) is 17.8. The van der Waals surface area contributed by atoms with Crippen molar-refractivity contribution in [2.24, 2.45) is 0 Å². The Morgan fingerprint density at radius 2 is 1.72 bits per heavy atom. The van der Waals surface area contributed by atoms with E-state index in [-0.39, 0.29) is 12.0 Å². The summed E-state index contributed by atoms with van der Waals surface area (Å²) in [6.07, 6.45) is -0.365. The summed E-state index contributed by atoms with van der Waals surface area (Å²) in [6.45, 7) is 10.4. The average Bonchev–Trinajstić information content (AvgIpc) is 2.65. The van der Waals surface area contributed by atoms with Crippen molar-refractivity contribution in [1.29, 1.82) is 0 Å². The molecule has 6 heteroatoms. The summed E-state index contributed by atoms with van der Waals surface area (Å²) < 4.78 is 5.48. The van der Waals surface area contributed by atoms with Crippen LogP contribution in [0.25, 0.3) is 0 Å². The molecule has 2 rings (SSSR count). The molecule has 1 N–H and O–H groups in total. The van der Waals surface area contributed by atoms with Gasteiger partial charge in [-0.1, -0.05) is 36.4 Å². The third-order valence-corrected chi connectivity index (χ3v) is 5.31. The summed E-state index contributed by atoms with van der Waals surface area (Å²) in [5.41, 5.74) is 2.19. The second kappa shape index (κ2) is 10.3. The number of hydrogen-bond donors (Lipinski definition) is 1. The molecule has 0 saturated heterocycles. The van der Waals surface area contributed by atoms with Crippen LogP contribution in [-0.4, -0.2) is 34.8 Å². The number of thioether (sulfide) groups is 1. The standard InChI is InChI=1S/C23H30N2O3S/c1-6-25(22(27)28-23(3,4)5)15-18-12-8-9-13-19(18)24-21(26)16-29-20-14-10-7-11-17(20)2/h7-14H,6,15-16H2,1-5H3,(H,24,26). The fourth-order valence-corrected chi connectivity index (χ4v) is 3.49. The predicted molar refractivity (Wildman–Crippen MR) is 119 cm³/mol. The summed E-state index contributed by atoms with van der Waals surface area (Å²) >= 11 is 1.51. The maximum atomic E-state index is 12.5. The minimum atomic E-state index is -0.551. The molecule has 5 nitrogen and oxygen atoms in total. The number of benzene rings is 2. The van der Waals surface area contributed by atoms with Crippen molar-refractivity contribution >= 4 is 29.4 Å². The number of ether oxygens (including phenoxy) is 1. The molecule has 0 atom stereocenters. The first-order valence-corrected chi connectivity index (χ1v) is 10.7. The Balaban J connectivity index is 2.03. The first kappa shape index (κ1) is 22.8. The normalized spacial score (nSPS) is 11.1. The van der Waals surface area contributed by atoms with Gasteiger partial charge in [0.15, 0.2) is 0 Å². The Hall–Kier alpha value is -2.47. The van der Waals surface area contributed by atoms with Gasteiger partial charge in [0.05, 0.1) is 12.3 Å². The molecule has 0 aliphatic carbocycles. The second-order valence-corrected chi connectivity index (χ2v) is 8.77. The molecule has 29 heavy (non-hydrogen) atoms. The Bertz CT molecular complexity index is 846. The second-order valence-electron chi connectivity index (χ2n) is 7.75. The van der Waals surface area contributed by atoms with Gasteiger partial charge in [0.2, 0.25) is 5.91 Å². The van der Waals surface area contributed by atoms with E-state index in [0.29, 0.717) is 24.5 Å². The number of hydrogen-bond acceptors (Lipinski definition) is 4. The van der Waals surface area contributed by atoms with Crippen LogP contribution in [0.3, 0.4) is 0 Å². The molecular weight excluding hydrogens is 384 g/mol. The van der Waals surface area contributed by atoms with Gasteiger partial charge in [-0.2, -0.15) is 0 Å². The topological polar surface area (TPSA) is 58.6 Å². The highest BCUT2D eigenvalue weighted by Gasteiger charge is 2.22. The summed E-state index contributed by atoms with van der Waals surface area (Å²) in [5.74, 6) is 0.244. The van der Waals surface area contributed by atoms with E-state index in [1.165, 1.54) is 11.8 Å². The van der Waals surface area contributed by atoms with E-state index in [2.05, 4.69) is 5.32 Å². The van der Waals surface area contributed by atoms with Crippen molar-refractivity contribution in [2.75, 3.05) is 17.6 Å². The minimum absolute atomic E-state index is 0.0778. The summed E-state index contributed by atoms with van der Waals surface area (Å²) in [4.78, 5) is 27.6. The molecule has 0 aromatic heterocycles. The lowest BCUT2D eigenvalue weighted by Gasteiger charge is -2.27. The molecule has 2 aromatic carbocycles. The molecule has 0 spiro atoms. The number of aryl methyl sites for hydroxylation is 1. The van der Waals surface area contributed by atoms with Gasteiger partial charge in [0.1, 0.15) is 5.60 Å². The molecule has 0 unspecified atom stereocenters. The fourth-order valence-electron chi connectivity index (χ4n) is 2.67. The smallest absolute Gasteiger partial charge is 0.410 e. The van der Waals surface area contributed by atoms with Crippen LogP contribution in [-0.2, 0) is 16.1 Å². The Morgan fingerprint density at radius 1 is 1.07 bits per heavy atom. The quantitative estimate of drug-likeness (QED) is 0.609. The molecule has 2 amide bonds. The molecule has 156 valence electrons. The number of para-hydroxylation sites is 1. The maximum Gasteiger partial charge on any atom is 0.410 e. The highest BCUT2D eigenvalue weighted by Crippen LogP contribution is 2.23. The van der Waals surface area contributed by atoms with Crippen LogP contribution in [0.5, 0.6) is 0 Å². The summed E-state index contributed by atoms with van der Waals surface area (Å²) in [5, 5.41) is 2.98. The van der Waals surface area contributed by atoms with Crippen molar-refractivity contribution in [3.05, 3.63) is 59.7 Å². The van der Waals surface area contributed by atoms with Gasteiger partial charge in [-0.3, -0.25) is 4.79 Å². The zero-order chi connectivity index (χ0) is 21.4. The molecular formula is C23H30N2O3S. The van der Waals surface area contributed by atoms with E-state index in [1.807, 2.05) is 83.1 Å². The maximum absolute atomic E-state index is 12.5. The Kier molecular flexibility index (Phi) is 8.14. The van der Waals surface area contributed by atoms with Crippen molar-refractivity contribution in [3.8, 4) is 0 Å². The lowest BCUT2D eigenvalue weighted by molar-refractivity contribution is -0.113. The van der Waals surface area contributed by atoms with E-state index in [4.69, 9.17) is 4.74 Å². The third-order valence-electron chi connectivity index (χ3n) is 4.14. The lowest BCUT2D eigenvalue weighted by atomic mass is 10.1. The monoisotopic (exact) mass is 414 g/mol. The molecule has 0 radical (unpaired) electrons.